The number of fused-ring (bicyclic) bond motifs is 1. The van der Waals surface area contributed by atoms with Crippen molar-refractivity contribution in [2.24, 2.45) is 4.99 Å². The Morgan fingerprint density at radius 2 is 1.83 bits per heavy atom. The number of aromatic amines is 1. The van der Waals surface area contributed by atoms with Crippen LogP contribution in [-0.4, -0.2) is 35.1 Å². The Balaban J connectivity index is 1.90. The lowest BCUT2D eigenvalue weighted by molar-refractivity contribution is 0.354. The van der Waals surface area contributed by atoms with E-state index in [1.807, 2.05) is 24.3 Å². The first-order chi connectivity index (χ1) is 14.0. The van der Waals surface area contributed by atoms with E-state index in [9.17, 15) is 14.7 Å². The van der Waals surface area contributed by atoms with Crippen LogP contribution in [0.1, 0.15) is 11.1 Å². The van der Waals surface area contributed by atoms with Gasteiger partial charge in [-0.25, -0.2) is 9.36 Å². The summed E-state index contributed by atoms with van der Waals surface area (Å²) in [6, 6.07) is 12.1. The first kappa shape index (κ1) is 18.3. The molecule has 0 atom stereocenters. The molecule has 0 spiro atoms. The normalized spacial score (nSPS) is 13.5. The Morgan fingerprint density at radius 3 is 2.59 bits per heavy atom. The molecule has 3 aromatic rings. The molecule has 8 nitrogen and oxygen atoms in total. The number of methoxy groups -OCH3 is 2. The standard InChI is InChI=1S/C21H17N3O5/c1-28-17-8-7-13(10-18(17)29-2)24-20(26)15(19(25)23-21(24)27)9-12-11-22-16-6-4-3-5-14(12)16/h3-11,26H,1-2H3,(H,23,25,27). The highest BCUT2D eigenvalue weighted by Crippen LogP contribution is 2.33. The van der Waals surface area contributed by atoms with Gasteiger partial charge >= 0.3 is 5.69 Å². The molecule has 1 aliphatic rings. The van der Waals surface area contributed by atoms with Crippen LogP contribution in [-0.2, 0) is 0 Å². The largest absolute Gasteiger partial charge is 0.494 e. The number of aromatic nitrogens is 2. The fourth-order valence-corrected chi connectivity index (χ4v) is 3.18. The predicted molar refractivity (Wildman–Crippen MR) is 110 cm³/mol. The number of hydrogen-bond acceptors (Lipinski definition) is 6. The number of H-pyrrole nitrogens is 1. The number of ether oxygens (including phenoxy) is 2. The van der Waals surface area contributed by atoms with Gasteiger partial charge in [0, 0.05) is 23.4 Å². The number of para-hydroxylation sites is 1. The second-order valence-electron chi connectivity index (χ2n) is 6.25. The summed E-state index contributed by atoms with van der Waals surface area (Å²) in [5.41, 5.74) is 1.02. The lowest BCUT2D eigenvalue weighted by Crippen LogP contribution is -2.30. The van der Waals surface area contributed by atoms with Crippen molar-refractivity contribution in [2.75, 3.05) is 14.2 Å². The molecule has 0 fully saturated rings. The van der Waals surface area contributed by atoms with Gasteiger partial charge in [0.05, 0.1) is 25.6 Å². The van der Waals surface area contributed by atoms with Crippen LogP contribution in [0.25, 0.3) is 17.3 Å². The average Bonchev–Trinajstić information content (AvgIpc) is 3.13. The van der Waals surface area contributed by atoms with Crippen molar-refractivity contribution < 1.29 is 14.6 Å². The summed E-state index contributed by atoms with van der Waals surface area (Å²) < 4.78 is 11.4. The highest BCUT2D eigenvalue weighted by Gasteiger charge is 2.18. The molecule has 1 aliphatic heterocycles. The lowest BCUT2D eigenvalue weighted by atomic mass is 10.1. The quantitative estimate of drug-likeness (QED) is 0.711. The van der Waals surface area contributed by atoms with E-state index in [1.165, 1.54) is 26.4 Å². The SMILES string of the molecule is COc1ccc(-n2c(O)c(C=C3C=Nc4ccccc43)c(=O)[nH]c2=O)cc1OC. The molecule has 0 aliphatic carbocycles. The summed E-state index contributed by atoms with van der Waals surface area (Å²) in [4.78, 5) is 31.4. The van der Waals surface area contributed by atoms with E-state index in [4.69, 9.17) is 9.47 Å². The number of aromatic hydroxyl groups is 1. The van der Waals surface area contributed by atoms with E-state index in [2.05, 4.69) is 9.98 Å². The van der Waals surface area contributed by atoms with Gasteiger partial charge in [0.25, 0.3) is 5.56 Å². The van der Waals surface area contributed by atoms with Gasteiger partial charge in [-0.2, -0.15) is 0 Å². The smallest absolute Gasteiger partial charge is 0.335 e. The number of rotatable bonds is 4. The van der Waals surface area contributed by atoms with Crippen molar-refractivity contribution in [3.05, 3.63) is 74.4 Å². The number of nitrogens with zero attached hydrogens (tertiary/aromatic N) is 2. The fraction of sp³-hybridized carbons (Fsp3) is 0.0952. The minimum Gasteiger partial charge on any atom is -0.494 e. The summed E-state index contributed by atoms with van der Waals surface area (Å²) in [5.74, 6) is 0.352. The maximum atomic E-state index is 12.4. The van der Waals surface area contributed by atoms with Gasteiger partial charge in [-0.3, -0.25) is 14.8 Å². The molecule has 146 valence electrons. The van der Waals surface area contributed by atoms with Crippen molar-refractivity contribution in [1.82, 2.24) is 9.55 Å². The van der Waals surface area contributed by atoms with Crippen LogP contribution in [0.2, 0.25) is 0 Å². The number of aliphatic imine (C=N–C) groups is 1. The second kappa shape index (κ2) is 7.16. The Labute approximate surface area is 165 Å². The zero-order chi connectivity index (χ0) is 20.5. The molecule has 0 unspecified atom stereocenters. The Hall–Kier alpha value is -4.07. The van der Waals surface area contributed by atoms with Crippen molar-refractivity contribution in [3.8, 4) is 23.1 Å². The molecule has 2 heterocycles. The molecular weight excluding hydrogens is 374 g/mol. The third kappa shape index (κ3) is 3.10. The molecular formula is C21H17N3O5. The molecule has 0 saturated carbocycles. The maximum Gasteiger partial charge on any atom is 0.335 e. The van der Waals surface area contributed by atoms with Gasteiger partial charge in [0.15, 0.2) is 11.5 Å². The first-order valence-corrected chi connectivity index (χ1v) is 8.69. The maximum absolute atomic E-state index is 12.4. The molecule has 2 N–H and O–H groups in total. The summed E-state index contributed by atoms with van der Waals surface area (Å²) in [6.07, 6.45) is 3.11. The zero-order valence-electron chi connectivity index (χ0n) is 15.7. The number of allylic oxidation sites excluding steroid dienone is 1. The van der Waals surface area contributed by atoms with E-state index in [0.717, 1.165) is 15.8 Å². The van der Waals surface area contributed by atoms with Crippen LogP contribution < -0.4 is 20.7 Å². The minimum atomic E-state index is -0.776. The Kier molecular flexibility index (Phi) is 4.52. The Morgan fingerprint density at radius 1 is 1.07 bits per heavy atom. The molecule has 0 saturated heterocycles. The lowest BCUT2D eigenvalue weighted by Gasteiger charge is -2.13. The zero-order valence-corrected chi connectivity index (χ0v) is 15.7. The summed E-state index contributed by atoms with van der Waals surface area (Å²) in [6.45, 7) is 0. The van der Waals surface area contributed by atoms with Gasteiger partial charge < -0.3 is 14.6 Å². The van der Waals surface area contributed by atoms with Gasteiger partial charge in [-0.15, -0.1) is 0 Å². The average molecular weight is 391 g/mol. The van der Waals surface area contributed by atoms with Crippen LogP contribution in [0.4, 0.5) is 5.69 Å². The van der Waals surface area contributed by atoms with Crippen molar-refractivity contribution in [2.45, 2.75) is 0 Å². The topological polar surface area (TPSA) is 106 Å². The summed E-state index contributed by atoms with van der Waals surface area (Å²) >= 11 is 0. The van der Waals surface area contributed by atoms with Crippen LogP contribution >= 0.6 is 0 Å². The molecule has 8 heteroatoms. The molecule has 0 radical (unpaired) electrons. The van der Waals surface area contributed by atoms with Crippen molar-refractivity contribution in [3.63, 3.8) is 0 Å². The van der Waals surface area contributed by atoms with Crippen LogP contribution in [0.5, 0.6) is 17.4 Å². The second-order valence-corrected chi connectivity index (χ2v) is 6.25. The van der Waals surface area contributed by atoms with Crippen LogP contribution in [0.3, 0.4) is 0 Å². The van der Waals surface area contributed by atoms with Gasteiger partial charge in [-0.1, -0.05) is 18.2 Å². The van der Waals surface area contributed by atoms with E-state index in [1.54, 1.807) is 18.3 Å². The van der Waals surface area contributed by atoms with Crippen LogP contribution in [0, 0.1) is 0 Å². The molecule has 4 rings (SSSR count). The van der Waals surface area contributed by atoms with Gasteiger partial charge in [0.1, 0.15) is 5.56 Å². The highest BCUT2D eigenvalue weighted by atomic mass is 16.5. The molecule has 0 amide bonds. The summed E-state index contributed by atoms with van der Waals surface area (Å²) in [7, 11) is 2.95. The fourth-order valence-electron chi connectivity index (χ4n) is 3.18. The minimum absolute atomic E-state index is 0.0578. The van der Waals surface area contributed by atoms with Crippen LogP contribution in [0.15, 0.2) is 57.0 Å². The Bertz CT molecular complexity index is 1280. The van der Waals surface area contributed by atoms with Gasteiger partial charge in [0.2, 0.25) is 5.88 Å². The highest BCUT2D eigenvalue weighted by molar-refractivity contribution is 6.21. The van der Waals surface area contributed by atoms with E-state index in [0.29, 0.717) is 22.8 Å². The van der Waals surface area contributed by atoms with Crippen molar-refractivity contribution in [1.29, 1.82) is 0 Å². The molecule has 1 aromatic heterocycles. The summed E-state index contributed by atoms with van der Waals surface area (Å²) in [5, 5.41) is 10.8. The number of nitrogens with one attached hydrogen (secondary N) is 1. The van der Waals surface area contributed by atoms with E-state index >= 15 is 0 Å². The van der Waals surface area contributed by atoms with E-state index in [-0.39, 0.29) is 5.56 Å². The van der Waals surface area contributed by atoms with Gasteiger partial charge in [-0.05, 0) is 24.3 Å². The molecule has 2 aromatic carbocycles. The molecule has 29 heavy (non-hydrogen) atoms. The number of hydrogen-bond donors (Lipinski definition) is 2. The first-order valence-electron chi connectivity index (χ1n) is 8.69. The van der Waals surface area contributed by atoms with E-state index < -0.39 is 17.1 Å². The monoisotopic (exact) mass is 391 g/mol. The number of benzene rings is 2. The van der Waals surface area contributed by atoms with Crippen molar-refractivity contribution >= 4 is 23.6 Å². The molecule has 0 bridgehead atoms. The predicted octanol–water partition coefficient (Wildman–Crippen LogP) is 2.51. The third-order valence-corrected chi connectivity index (χ3v) is 4.60. The third-order valence-electron chi connectivity index (χ3n) is 4.60.